The molecule has 0 saturated heterocycles. The molecule has 0 aliphatic heterocycles. The van der Waals surface area contributed by atoms with E-state index in [1.165, 1.54) is 54.7 Å². The van der Waals surface area contributed by atoms with Crippen molar-refractivity contribution >= 4 is 43.6 Å². The van der Waals surface area contributed by atoms with E-state index in [4.69, 9.17) is 0 Å². The van der Waals surface area contributed by atoms with E-state index in [0.29, 0.717) is 0 Å². The molecule has 134 valence electrons. The van der Waals surface area contributed by atoms with Crippen LogP contribution in [0.5, 0.6) is 0 Å². The summed E-state index contributed by atoms with van der Waals surface area (Å²) in [6, 6.07) is 30.7. The predicted octanol–water partition coefficient (Wildman–Crippen LogP) is 6.56. The highest BCUT2D eigenvalue weighted by Crippen LogP contribution is 2.33. The minimum absolute atomic E-state index is 0.931. The summed E-state index contributed by atoms with van der Waals surface area (Å²) in [5.74, 6) is 0. The molecular weight excluding hydrogens is 340 g/mol. The molecule has 0 bridgehead atoms. The van der Waals surface area contributed by atoms with Crippen molar-refractivity contribution in [3.05, 3.63) is 96.1 Å². The topological polar surface area (TPSA) is 20.7 Å². The maximum Gasteiger partial charge on any atom is 0.0491 e. The Bertz CT molecular complexity index is 1500. The van der Waals surface area contributed by atoms with E-state index in [1.807, 2.05) is 0 Å². The Kier molecular flexibility index (Phi) is 3.18. The Balaban J connectivity index is 1.55. The number of fused-ring (bicyclic) bond motifs is 6. The van der Waals surface area contributed by atoms with Crippen LogP contribution in [0.2, 0.25) is 0 Å². The number of para-hydroxylation sites is 2. The van der Waals surface area contributed by atoms with Crippen LogP contribution in [-0.4, -0.2) is 9.55 Å². The molecule has 0 spiro atoms. The summed E-state index contributed by atoms with van der Waals surface area (Å²) in [5.41, 5.74) is 7.72. The standard InChI is InChI=1S/C26H20N2/c1-28-24-11-5-3-9-20(24)26-18(7-6-12-25(26)28)15-17-13-14-23-21(16-17)19-8-2-4-10-22(19)27-23/h2-14,16,27H,15H2,1H3. The van der Waals surface area contributed by atoms with Gasteiger partial charge in [-0.05, 0) is 47.9 Å². The van der Waals surface area contributed by atoms with Crippen molar-refractivity contribution in [1.82, 2.24) is 9.55 Å². The van der Waals surface area contributed by atoms with Crippen LogP contribution in [0.1, 0.15) is 11.1 Å². The monoisotopic (exact) mass is 360 g/mol. The number of H-pyrrole nitrogens is 1. The number of hydrogen-bond donors (Lipinski definition) is 1. The highest BCUT2D eigenvalue weighted by Gasteiger charge is 2.12. The van der Waals surface area contributed by atoms with Gasteiger partial charge in [0.2, 0.25) is 0 Å². The zero-order chi connectivity index (χ0) is 18.7. The maximum absolute atomic E-state index is 3.52. The molecule has 0 saturated carbocycles. The SMILES string of the molecule is Cn1c2ccccc2c2c(Cc3ccc4[nH]c5ccccc5c4c3)cccc21. The lowest BCUT2D eigenvalue weighted by atomic mass is 9.98. The number of hydrogen-bond acceptors (Lipinski definition) is 0. The molecule has 0 aliphatic carbocycles. The fraction of sp³-hybridized carbons (Fsp3) is 0.0769. The Labute approximate surface area is 163 Å². The number of nitrogens with zero attached hydrogens (tertiary/aromatic N) is 1. The molecule has 1 N–H and O–H groups in total. The third-order valence-corrected chi connectivity index (χ3v) is 5.99. The van der Waals surface area contributed by atoms with Gasteiger partial charge in [-0.2, -0.15) is 0 Å². The molecule has 0 radical (unpaired) electrons. The van der Waals surface area contributed by atoms with Gasteiger partial charge in [-0.25, -0.2) is 0 Å². The van der Waals surface area contributed by atoms with Crippen LogP contribution >= 0.6 is 0 Å². The molecule has 0 aliphatic rings. The van der Waals surface area contributed by atoms with E-state index >= 15 is 0 Å². The van der Waals surface area contributed by atoms with Crippen LogP contribution in [0.3, 0.4) is 0 Å². The van der Waals surface area contributed by atoms with Gasteiger partial charge in [-0.1, -0.05) is 54.6 Å². The van der Waals surface area contributed by atoms with Gasteiger partial charge < -0.3 is 9.55 Å². The second kappa shape index (κ2) is 5.74. The van der Waals surface area contributed by atoms with E-state index < -0.39 is 0 Å². The summed E-state index contributed by atoms with van der Waals surface area (Å²) in [5, 5.41) is 5.31. The van der Waals surface area contributed by atoms with Crippen molar-refractivity contribution in [2.24, 2.45) is 7.05 Å². The highest BCUT2D eigenvalue weighted by molar-refractivity contribution is 6.10. The zero-order valence-corrected chi connectivity index (χ0v) is 15.7. The first kappa shape index (κ1) is 15.5. The van der Waals surface area contributed by atoms with E-state index in [2.05, 4.69) is 102 Å². The normalized spacial score (nSPS) is 11.9. The summed E-state index contributed by atoms with van der Waals surface area (Å²) in [4.78, 5) is 3.52. The van der Waals surface area contributed by atoms with Gasteiger partial charge in [0.1, 0.15) is 0 Å². The van der Waals surface area contributed by atoms with Crippen LogP contribution in [-0.2, 0) is 13.5 Å². The molecule has 0 unspecified atom stereocenters. The van der Waals surface area contributed by atoms with Crippen molar-refractivity contribution < 1.29 is 0 Å². The molecule has 2 heteroatoms. The Morgan fingerprint density at radius 2 is 1.43 bits per heavy atom. The summed E-state index contributed by atoms with van der Waals surface area (Å²) < 4.78 is 2.30. The summed E-state index contributed by atoms with van der Waals surface area (Å²) in [7, 11) is 2.16. The number of aromatic nitrogens is 2. The van der Waals surface area contributed by atoms with Gasteiger partial charge in [0, 0.05) is 50.7 Å². The second-order valence-electron chi connectivity index (χ2n) is 7.61. The van der Waals surface area contributed by atoms with Gasteiger partial charge >= 0.3 is 0 Å². The molecule has 2 heterocycles. The summed E-state index contributed by atoms with van der Waals surface area (Å²) >= 11 is 0. The van der Waals surface area contributed by atoms with Crippen LogP contribution in [0.15, 0.2) is 84.9 Å². The van der Waals surface area contributed by atoms with E-state index in [9.17, 15) is 0 Å². The lowest BCUT2D eigenvalue weighted by Crippen LogP contribution is -1.90. The first-order chi connectivity index (χ1) is 13.8. The zero-order valence-electron chi connectivity index (χ0n) is 15.7. The minimum Gasteiger partial charge on any atom is -0.355 e. The fourth-order valence-electron chi connectivity index (χ4n) is 4.66. The largest absolute Gasteiger partial charge is 0.355 e. The minimum atomic E-state index is 0.931. The molecule has 28 heavy (non-hydrogen) atoms. The number of aryl methyl sites for hydroxylation is 1. The quantitative estimate of drug-likeness (QED) is 0.361. The Hall–Kier alpha value is -3.52. The maximum atomic E-state index is 3.52. The molecule has 0 atom stereocenters. The first-order valence-electron chi connectivity index (χ1n) is 9.74. The molecule has 0 fully saturated rings. The van der Waals surface area contributed by atoms with Crippen LogP contribution in [0, 0.1) is 0 Å². The summed E-state index contributed by atoms with van der Waals surface area (Å²) in [6.45, 7) is 0. The van der Waals surface area contributed by atoms with E-state index in [0.717, 1.165) is 6.42 Å². The van der Waals surface area contributed by atoms with Crippen molar-refractivity contribution in [3.8, 4) is 0 Å². The molecular formula is C26H20N2. The van der Waals surface area contributed by atoms with Gasteiger partial charge in [-0.15, -0.1) is 0 Å². The third kappa shape index (κ3) is 2.15. The van der Waals surface area contributed by atoms with Crippen molar-refractivity contribution in [2.75, 3.05) is 0 Å². The van der Waals surface area contributed by atoms with Gasteiger partial charge in [0.25, 0.3) is 0 Å². The average Bonchev–Trinajstić information content (AvgIpc) is 3.25. The third-order valence-electron chi connectivity index (χ3n) is 5.99. The van der Waals surface area contributed by atoms with Gasteiger partial charge in [0.15, 0.2) is 0 Å². The molecule has 2 aromatic heterocycles. The number of nitrogens with one attached hydrogen (secondary N) is 1. The van der Waals surface area contributed by atoms with Crippen LogP contribution in [0.4, 0.5) is 0 Å². The number of benzene rings is 4. The van der Waals surface area contributed by atoms with Crippen LogP contribution in [0.25, 0.3) is 43.6 Å². The van der Waals surface area contributed by atoms with Crippen LogP contribution < -0.4 is 0 Å². The summed E-state index contributed by atoms with van der Waals surface area (Å²) in [6.07, 6.45) is 0.931. The molecule has 2 nitrogen and oxygen atoms in total. The second-order valence-corrected chi connectivity index (χ2v) is 7.61. The molecule has 6 aromatic rings. The smallest absolute Gasteiger partial charge is 0.0491 e. The first-order valence-corrected chi connectivity index (χ1v) is 9.74. The fourth-order valence-corrected chi connectivity index (χ4v) is 4.66. The van der Waals surface area contributed by atoms with E-state index in [-0.39, 0.29) is 0 Å². The predicted molar refractivity (Wildman–Crippen MR) is 119 cm³/mol. The Morgan fingerprint density at radius 1 is 0.679 bits per heavy atom. The molecule has 0 amide bonds. The molecule has 4 aromatic carbocycles. The van der Waals surface area contributed by atoms with E-state index in [1.54, 1.807) is 0 Å². The Morgan fingerprint density at radius 3 is 2.36 bits per heavy atom. The van der Waals surface area contributed by atoms with Crippen molar-refractivity contribution in [2.45, 2.75) is 6.42 Å². The highest BCUT2D eigenvalue weighted by atomic mass is 14.9. The van der Waals surface area contributed by atoms with Gasteiger partial charge in [-0.3, -0.25) is 0 Å². The number of rotatable bonds is 2. The van der Waals surface area contributed by atoms with Crippen molar-refractivity contribution in [1.29, 1.82) is 0 Å². The molecule has 6 rings (SSSR count). The average molecular weight is 360 g/mol. The lowest BCUT2D eigenvalue weighted by Gasteiger charge is -2.06. The van der Waals surface area contributed by atoms with Gasteiger partial charge in [0.05, 0.1) is 0 Å². The number of aromatic amines is 1. The lowest BCUT2D eigenvalue weighted by molar-refractivity contribution is 1.01. The van der Waals surface area contributed by atoms with Crippen molar-refractivity contribution in [3.63, 3.8) is 0 Å².